The number of likely N-dealkylation sites (tertiary alicyclic amines) is 1. The van der Waals surface area contributed by atoms with E-state index in [0.717, 1.165) is 28.1 Å². The third kappa shape index (κ3) is 4.96. The number of rotatable bonds is 7. The van der Waals surface area contributed by atoms with Crippen LogP contribution in [0.1, 0.15) is 44.6 Å². The molecule has 9 nitrogen and oxygen atoms in total. The second-order valence-corrected chi connectivity index (χ2v) is 10.4. The number of thiazole rings is 2. The van der Waals surface area contributed by atoms with Crippen LogP contribution >= 0.6 is 22.7 Å². The number of nitrogens with zero attached hydrogens (tertiary/aromatic N) is 3. The number of carbonyl (C=O) groups excluding carboxylic acids is 2. The number of hydrogen-bond donors (Lipinski definition) is 1. The maximum atomic E-state index is 13.3. The van der Waals surface area contributed by atoms with E-state index in [1.807, 2.05) is 29.2 Å². The fraction of sp³-hybridized carbons (Fsp3) is 0.308. The summed E-state index contributed by atoms with van der Waals surface area (Å²) in [4.78, 5) is 36.9. The largest absolute Gasteiger partial charge is 0.493 e. The molecule has 0 unspecified atom stereocenters. The van der Waals surface area contributed by atoms with Gasteiger partial charge in [-0.05, 0) is 37.1 Å². The summed E-state index contributed by atoms with van der Waals surface area (Å²) in [7, 11) is 4.56. The average molecular weight is 539 g/mol. The van der Waals surface area contributed by atoms with E-state index in [-0.39, 0.29) is 17.7 Å². The second-order valence-electron chi connectivity index (χ2n) is 8.46. The molecule has 0 aliphatic carbocycles. The monoisotopic (exact) mass is 538 g/mol. The van der Waals surface area contributed by atoms with Gasteiger partial charge in [-0.2, -0.15) is 0 Å². The molecule has 4 aromatic rings. The van der Waals surface area contributed by atoms with Crippen LogP contribution in [0.5, 0.6) is 17.2 Å². The van der Waals surface area contributed by atoms with Crippen LogP contribution < -0.4 is 19.5 Å². The van der Waals surface area contributed by atoms with Crippen LogP contribution in [0.2, 0.25) is 0 Å². The number of methoxy groups -OCH3 is 3. The Hall–Kier alpha value is -3.70. The Labute approximate surface area is 222 Å². The first-order chi connectivity index (χ1) is 18.0. The summed E-state index contributed by atoms with van der Waals surface area (Å²) >= 11 is 2.91. The molecule has 11 heteroatoms. The van der Waals surface area contributed by atoms with Crippen molar-refractivity contribution in [3.63, 3.8) is 0 Å². The number of amides is 2. The second kappa shape index (κ2) is 10.7. The Morgan fingerprint density at radius 3 is 2.43 bits per heavy atom. The van der Waals surface area contributed by atoms with Crippen molar-refractivity contribution in [2.75, 3.05) is 39.7 Å². The fourth-order valence-corrected chi connectivity index (χ4v) is 6.27. The van der Waals surface area contributed by atoms with Gasteiger partial charge in [-0.1, -0.05) is 23.5 Å². The molecule has 5 rings (SSSR count). The van der Waals surface area contributed by atoms with E-state index in [9.17, 15) is 9.59 Å². The van der Waals surface area contributed by atoms with E-state index in [2.05, 4.69) is 15.3 Å². The third-order valence-corrected chi connectivity index (χ3v) is 8.29. The minimum atomic E-state index is -0.269. The summed E-state index contributed by atoms with van der Waals surface area (Å²) in [6.07, 6.45) is 1.52. The molecule has 2 aromatic carbocycles. The Morgan fingerprint density at radius 1 is 0.973 bits per heavy atom. The van der Waals surface area contributed by atoms with E-state index in [4.69, 9.17) is 14.2 Å². The number of nitrogens with one attached hydrogen (secondary N) is 1. The standard InChI is InChI=1S/C26H26N4O5S2/c1-33-19-9-8-16(21(34-2)22(19)35-3)25(32)30-12-10-15(11-13-30)24-27-18(14-36-24)23(31)29-26-28-17-6-4-5-7-20(17)37-26/h4-9,14-15H,10-13H2,1-3H3,(H,28,29,31). The maximum absolute atomic E-state index is 13.3. The maximum Gasteiger partial charge on any atom is 0.276 e. The highest BCUT2D eigenvalue weighted by Crippen LogP contribution is 2.41. The number of aromatic nitrogens is 2. The highest BCUT2D eigenvalue weighted by Gasteiger charge is 2.30. The van der Waals surface area contributed by atoms with E-state index < -0.39 is 0 Å². The molecule has 37 heavy (non-hydrogen) atoms. The lowest BCUT2D eigenvalue weighted by atomic mass is 9.97. The molecule has 1 fully saturated rings. The van der Waals surface area contributed by atoms with Crippen molar-refractivity contribution in [3.05, 3.63) is 58.0 Å². The topological polar surface area (TPSA) is 103 Å². The van der Waals surface area contributed by atoms with Crippen LogP contribution in [-0.2, 0) is 0 Å². The van der Waals surface area contributed by atoms with Crippen molar-refractivity contribution >= 4 is 49.8 Å². The first-order valence-corrected chi connectivity index (χ1v) is 13.4. The number of fused-ring (bicyclic) bond motifs is 1. The normalized spacial score (nSPS) is 14.0. The molecule has 3 heterocycles. The minimum Gasteiger partial charge on any atom is -0.493 e. The number of para-hydroxylation sites is 1. The number of anilines is 1. The summed E-state index contributed by atoms with van der Waals surface area (Å²) < 4.78 is 17.3. The molecule has 0 bridgehead atoms. The molecular weight excluding hydrogens is 512 g/mol. The SMILES string of the molecule is COc1ccc(C(=O)N2CCC(c3nc(C(=O)Nc4nc5ccccc5s4)cs3)CC2)c(OC)c1OC. The summed E-state index contributed by atoms with van der Waals surface area (Å²) in [6.45, 7) is 1.15. The van der Waals surface area contributed by atoms with Gasteiger partial charge in [-0.15, -0.1) is 11.3 Å². The van der Waals surface area contributed by atoms with Gasteiger partial charge in [-0.3, -0.25) is 14.9 Å². The molecule has 0 radical (unpaired) electrons. The number of hydrogen-bond acceptors (Lipinski definition) is 9. The number of piperidine rings is 1. The molecule has 1 aliphatic rings. The Kier molecular flexibility index (Phi) is 7.24. The summed E-state index contributed by atoms with van der Waals surface area (Å²) in [5.74, 6) is 1.05. The molecule has 192 valence electrons. The van der Waals surface area contributed by atoms with Gasteiger partial charge < -0.3 is 19.1 Å². The lowest BCUT2D eigenvalue weighted by Crippen LogP contribution is -2.38. The van der Waals surface area contributed by atoms with Crippen molar-refractivity contribution in [3.8, 4) is 17.2 Å². The van der Waals surface area contributed by atoms with Gasteiger partial charge in [0.15, 0.2) is 16.6 Å². The van der Waals surface area contributed by atoms with Crippen molar-refractivity contribution in [1.29, 1.82) is 0 Å². The highest BCUT2D eigenvalue weighted by atomic mass is 32.1. The number of carbonyl (C=O) groups is 2. The fourth-order valence-electron chi connectivity index (χ4n) is 4.44. The van der Waals surface area contributed by atoms with Crippen LogP contribution in [-0.4, -0.2) is 61.1 Å². The van der Waals surface area contributed by atoms with Gasteiger partial charge in [0.25, 0.3) is 11.8 Å². The molecule has 0 spiro atoms. The Bertz CT molecular complexity index is 1410. The van der Waals surface area contributed by atoms with Crippen LogP contribution in [0, 0.1) is 0 Å². The molecular formula is C26H26N4O5S2. The van der Waals surface area contributed by atoms with Gasteiger partial charge in [0, 0.05) is 24.4 Å². The van der Waals surface area contributed by atoms with Crippen LogP contribution in [0.25, 0.3) is 10.2 Å². The highest BCUT2D eigenvalue weighted by molar-refractivity contribution is 7.22. The van der Waals surface area contributed by atoms with Gasteiger partial charge in [0.1, 0.15) is 5.69 Å². The van der Waals surface area contributed by atoms with Gasteiger partial charge in [0.05, 0.1) is 42.1 Å². The molecule has 0 atom stereocenters. The molecule has 2 amide bonds. The first-order valence-electron chi connectivity index (χ1n) is 11.7. The number of benzene rings is 2. The van der Waals surface area contributed by atoms with Gasteiger partial charge in [-0.25, -0.2) is 9.97 Å². The zero-order valence-corrected chi connectivity index (χ0v) is 22.3. The molecule has 0 saturated carbocycles. The lowest BCUT2D eigenvalue weighted by Gasteiger charge is -2.31. The van der Waals surface area contributed by atoms with E-state index in [1.165, 1.54) is 44.0 Å². The van der Waals surface area contributed by atoms with E-state index in [0.29, 0.717) is 46.7 Å². The van der Waals surface area contributed by atoms with E-state index in [1.54, 1.807) is 17.5 Å². The Morgan fingerprint density at radius 2 is 1.73 bits per heavy atom. The van der Waals surface area contributed by atoms with Gasteiger partial charge >= 0.3 is 0 Å². The zero-order chi connectivity index (χ0) is 25.9. The predicted octanol–water partition coefficient (Wildman–Crippen LogP) is 5.05. The molecule has 2 aromatic heterocycles. The Balaban J connectivity index is 1.22. The van der Waals surface area contributed by atoms with Crippen molar-refractivity contribution < 1.29 is 23.8 Å². The van der Waals surface area contributed by atoms with Crippen molar-refractivity contribution in [2.45, 2.75) is 18.8 Å². The minimum absolute atomic E-state index is 0.119. The van der Waals surface area contributed by atoms with E-state index >= 15 is 0 Å². The van der Waals surface area contributed by atoms with Crippen LogP contribution in [0.4, 0.5) is 5.13 Å². The smallest absolute Gasteiger partial charge is 0.276 e. The summed E-state index contributed by atoms with van der Waals surface area (Å²) in [5, 5.41) is 6.10. The third-order valence-electron chi connectivity index (χ3n) is 6.33. The van der Waals surface area contributed by atoms with Gasteiger partial charge in [0.2, 0.25) is 5.75 Å². The quantitative estimate of drug-likeness (QED) is 0.351. The summed E-state index contributed by atoms with van der Waals surface area (Å²) in [5.41, 5.74) is 1.67. The molecule has 1 aliphatic heterocycles. The van der Waals surface area contributed by atoms with Crippen LogP contribution in [0.3, 0.4) is 0 Å². The predicted molar refractivity (Wildman–Crippen MR) is 144 cm³/mol. The van der Waals surface area contributed by atoms with Crippen LogP contribution in [0.15, 0.2) is 41.8 Å². The average Bonchev–Trinajstić information content (AvgIpc) is 3.59. The van der Waals surface area contributed by atoms with Crippen molar-refractivity contribution in [2.24, 2.45) is 0 Å². The zero-order valence-electron chi connectivity index (χ0n) is 20.6. The number of ether oxygens (including phenoxy) is 3. The lowest BCUT2D eigenvalue weighted by molar-refractivity contribution is 0.0708. The first kappa shape index (κ1) is 25.0. The molecule has 1 saturated heterocycles. The van der Waals surface area contributed by atoms with Crippen molar-refractivity contribution in [1.82, 2.24) is 14.9 Å². The molecule has 1 N–H and O–H groups in total. The summed E-state index contributed by atoms with van der Waals surface area (Å²) in [6, 6.07) is 11.2.